The second kappa shape index (κ2) is 8.82. The number of benzene rings is 4. The molecule has 186 valence electrons. The van der Waals surface area contributed by atoms with E-state index in [1.54, 1.807) is 6.20 Å². The van der Waals surface area contributed by atoms with Crippen LogP contribution >= 0.6 is 0 Å². The van der Waals surface area contributed by atoms with E-state index in [0.717, 1.165) is 59.5 Å². The minimum absolute atomic E-state index is 0.143. The Morgan fingerprint density at radius 3 is 2.26 bits per heavy atom. The molecule has 0 bridgehead atoms. The first kappa shape index (κ1) is 24.4. The maximum atomic E-state index is 15.0. The summed E-state index contributed by atoms with van der Waals surface area (Å²) in [5.41, 5.74) is 6.73. The van der Waals surface area contributed by atoms with Crippen LogP contribution < -0.4 is 8.96 Å². The number of fused-ring (bicyclic) bond motifs is 4. The van der Waals surface area contributed by atoms with Crippen molar-refractivity contribution in [3.05, 3.63) is 95.9 Å². The molecule has 6 aromatic rings. The normalized spacial score (nSPS) is 11.9. The third kappa shape index (κ3) is 3.73. The average molecular weight is 560 g/mol. The number of aryl methyl sites for hydroxylation is 2. The quantitative estimate of drug-likeness (QED) is 0.164. The van der Waals surface area contributed by atoms with Crippen LogP contribution in [0.5, 0.6) is 0 Å². The number of pyridine rings is 1. The summed E-state index contributed by atoms with van der Waals surface area (Å²) in [5, 5.41) is 14.2. The van der Waals surface area contributed by atoms with Crippen molar-refractivity contribution in [1.29, 1.82) is 5.26 Å². The van der Waals surface area contributed by atoms with E-state index < -0.39 is 13.3 Å². The molecule has 0 spiro atoms. The van der Waals surface area contributed by atoms with Crippen molar-refractivity contribution < 1.29 is 13.4 Å². The molecule has 4 aromatic carbocycles. The molecule has 6 rings (SSSR count). The van der Waals surface area contributed by atoms with E-state index in [1.165, 1.54) is 0 Å². The number of furan rings is 1. The monoisotopic (exact) mass is 561 g/mol. The van der Waals surface area contributed by atoms with Crippen LogP contribution in [0.4, 0.5) is 4.39 Å². The molecular weight excluding hydrogens is 532 g/mol. The van der Waals surface area contributed by atoms with E-state index in [0.29, 0.717) is 11.1 Å². The summed E-state index contributed by atoms with van der Waals surface area (Å²) >= 11 is -2.48. The van der Waals surface area contributed by atoms with Crippen molar-refractivity contribution in [1.82, 2.24) is 0 Å². The molecule has 0 amide bonds. The number of nitriles is 1. The van der Waals surface area contributed by atoms with Crippen LogP contribution in [0.3, 0.4) is 0 Å². The third-order valence-corrected chi connectivity index (χ3v) is 11.7. The number of rotatable bonds is 3. The zero-order chi connectivity index (χ0) is 26.8. The van der Waals surface area contributed by atoms with Crippen LogP contribution in [0.15, 0.2) is 83.4 Å². The number of halogens is 1. The van der Waals surface area contributed by atoms with Gasteiger partial charge in [0.1, 0.15) is 0 Å². The van der Waals surface area contributed by atoms with Gasteiger partial charge < -0.3 is 0 Å². The molecule has 3 nitrogen and oxygen atoms in total. The van der Waals surface area contributed by atoms with Gasteiger partial charge in [0.05, 0.1) is 0 Å². The minimum atomic E-state index is -2.48. The predicted molar refractivity (Wildman–Crippen MR) is 156 cm³/mol. The number of hydrogen-bond acceptors (Lipinski definition) is 2. The Kier molecular flexibility index (Phi) is 5.66. The fourth-order valence-corrected chi connectivity index (χ4v) is 8.40. The van der Waals surface area contributed by atoms with Gasteiger partial charge in [0.2, 0.25) is 0 Å². The molecule has 2 heterocycles. The molecule has 0 radical (unpaired) electrons. The van der Waals surface area contributed by atoms with Crippen molar-refractivity contribution in [2.24, 2.45) is 7.05 Å². The van der Waals surface area contributed by atoms with Crippen molar-refractivity contribution in [3.8, 4) is 28.5 Å². The molecule has 0 aliphatic rings. The van der Waals surface area contributed by atoms with Gasteiger partial charge in [0.15, 0.2) is 0 Å². The molecular formula is C33H28FGeN2O+. The SMILES string of the molecule is Cc1ccc2c(oc3c(-c4cccc5ccccc45)c(C#N)ccc32)c1-c1c[c]([Ge]([CH3])([CH3])[CH3])c(F)c[n+]1C. The second-order valence-electron chi connectivity index (χ2n) is 11.0. The fraction of sp³-hybridized carbons (Fsp3) is 0.152. The average Bonchev–Trinajstić information content (AvgIpc) is 3.26. The predicted octanol–water partition coefficient (Wildman–Crippen LogP) is 7.76. The number of aromatic nitrogens is 1. The molecule has 0 aliphatic heterocycles. The van der Waals surface area contributed by atoms with Gasteiger partial charge in [-0.1, -0.05) is 6.07 Å². The Morgan fingerprint density at radius 1 is 0.842 bits per heavy atom. The van der Waals surface area contributed by atoms with Gasteiger partial charge >= 0.3 is 219 Å². The Bertz CT molecular complexity index is 1950. The van der Waals surface area contributed by atoms with E-state index in [1.807, 2.05) is 48.0 Å². The van der Waals surface area contributed by atoms with Crippen LogP contribution in [0.1, 0.15) is 11.1 Å². The Labute approximate surface area is 224 Å². The van der Waals surface area contributed by atoms with Crippen LogP contribution in [0.25, 0.3) is 55.1 Å². The van der Waals surface area contributed by atoms with Crippen molar-refractivity contribution in [3.63, 3.8) is 0 Å². The van der Waals surface area contributed by atoms with Crippen LogP contribution in [-0.2, 0) is 7.05 Å². The first-order chi connectivity index (χ1) is 18.2. The van der Waals surface area contributed by atoms with Gasteiger partial charge in [0.25, 0.3) is 0 Å². The number of hydrogen-bond donors (Lipinski definition) is 0. The number of nitrogens with zero attached hydrogens (tertiary/aromatic N) is 2. The zero-order valence-electron chi connectivity index (χ0n) is 22.2. The summed E-state index contributed by atoms with van der Waals surface area (Å²) < 4.78 is 24.5. The van der Waals surface area contributed by atoms with Crippen molar-refractivity contribution in [2.75, 3.05) is 0 Å². The van der Waals surface area contributed by atoms with Crippen LogP contribution in [-0.4, -0.2) is 13.3 Å². The van der Waals surface area contributed by atoms with E-state index >= 15 is 4.39 Å². The fourth-order valence-electron chi connectivity index (χ4n) is 5.56. The zero-order valence-corrected chi connectivity index (χ0v) is 24.3. The second-order valence-corrected chi connectivity index (χ2v) is 21.6. The molecule has 0 aliphatic carbocycles. The maximum absolute atomic E-state index is 15.0. The summed E-state index contributed by atoms with van der Waals surface area (Å²) in [7, 11) is 1.88. The van der Waals surface area contributed by atoms with Gasteiger partial charge in [-0.3, -0.25) is 0 Å². The molecule has 0 saturated carbocycles. The Hall–Kier alpha value is -3.95. The molecule has 0 fully saturated rings. The third-order valence-electron chi connectivity index (χ3n) is 7.49. The van der Waals surface area contributed by atoms with Gasteiger partial charge in [-0.05, 0) is 0 Å². The van der Waals surface area contributed by atoms with Gasteiger partial charge in [-0.25, -0.2) is 0 Å². The molecule has 0 saturated heterocycles. The summed E-state index contributed by atoms with van der Waals surface area (Å²) in [6.45, 7) is 2.07. The van der Waals surface area contributed by atoms with Gasteiger partial charge in [0, 0.05) is 0 Å². The van der Waals surface area contributed by atoms with Gasteiger partial charge in [-0.15, -0.1) is 0 Å². The van der Waals surface area contributed by atoms with E-state index in [9.17, 15) is 5.26 Å². The topological polar surface area (TPSA) is 40.8 Å². The van der Waals surface area contributed by atoms with E-state index in [4.69, 9.17) is 4.42 Å². The van der Waals surface area contributed by atoms with E-state index in [2.05, 4.69) is 66.7 Å². The van der Waals surface area contributed by atoms with Crippen molar-refractivity contribution >= 4 is 50.4 Å². The first-order valence-corrected chi connectivity index (χ1v) is 20.1. The molecule has 5 heteroatoms. The first-order valence-electron chi connectivity index (χ1n) is 12.8. The molecule has 38 heavy (non-hydrogen) atoms. The van der Waals surface area contributed by atoms with Crippen molar-refractivity contribution in [2.45, 2.75) is 24.2 Å². The molecule has 0 unspecified atom stereocenters. The molecule has 2 aromatic heterocycles. The molecule has 0 N–H and O–H groups in total. The van der Waals surface area contributed by atoms with Gasteiger partial charge in [-0.2, -0.15) is 0 Å². The van der Waals surface area contributed by atoms with Crippen LogP contribution in [0, 0.1) is 24.1 Å². The summed E-state index contributed by atoms with van der Waals surface area (Å²) in [5.74, 6) is 6.47. The summed E-state index contributed by atoms with van der Waals surface area (Å²) in [6, 6.07) is 26.8. The van der Waals surface area contributed by atoms with E-state index in [-0.39, 0.29) is 5.82 Å². The Morgan fingerprint density at radius 2 is 1.53 bits per heavy atom. The summed E-state index contributed by atoms with van der Waals surface area (Å²) in [4.78, 5) is 0. The standard InChI is InChI=1S/C33H28FGeN2O/c1-20-13-15-25-26-16-14-22(18-36)31(24-12-8-10-21-9-6-7-11-23(21)24)33(26)38-32(25)30(20)29-17-28(35(2,3)4)27(34)19-37(29)5/h6-17,19H,1-5H3/q+1. The van der Waals surface area contributed by atoms with Crippen LogP contribution in [0.2, 0.25) is 17.3 Å². The molecule has 0 atom stereocenters. The summed E-state index contributed by atoms with van der Waals surface area (Å²) in [6.07, 6.45) is 1.59. The Balaban J connectivity index is 1.73.